The summed E-state index contributed by atoms with van der Waals surface area (Å²) < 4.78 is 17.3. The van der Waals surface area contributed by atoms with Gasteiger partial charge in [0.2, 0.25) is 0 Å². The van der Waals surface area contributed by atoms with Crippen LogP contribution >= 0.6 is 0 Å². The van der Waals surface area contributed by atoms with Crippen LogP contribution in [0.2, 0.25) is 0 Å². The largest absolute Gasteiger partial charge is 0.485 e. The van der Waals surface area contributed by atoms with Crippen molar-refractivity contribution in [3.05, 3.63) is 58.7 Å². The maximum atomic E-state index is 12.2. The van der Waals surface area contributed by atoms with Gasteiger partial charge in [-0.25, -0.2) is 4.79 Å². The molecule has 0 spiro atoms. The summed E-state index contributed by atoms with van der Waals surface area (Å²) in [6.07, 6.45) is 1.45. The highest BCUT2D eigenvalue weighted by Crippen LogP contribution is 2.43. The van der Waals surface area contributed by atoms with Crippen molar-refractivity contribution in [3.63, 3.8) is 0 Å². The molecule has 0 unspecified atom stereocenters. The molecule has 2 aromatic carbocycles. The smallest absolute Gasteiger partial charge is 0.360 e. The summed E-state index contributed by atoms with van der Waals surface area (Å²) >= 11 is 0. The van der Waals surface area contributed by atoms with Gasteiger partial charge in [-0.15, -0.1) is 0 Å². The zero-order valence-electron chi connectivity index (χ0n) is 19.9. The van der Waals surface area contributed by atoms with E-state index in [1.165, 1.54) is 21.3 Å². The molecule has 0 aliphatic carbocycles. The number of esters is 1. The molecular formula is C25H30N2O6. The number of methoxy groups -OCH3 is 1. The lowest BCUT2D eigenvalue weighted by atomic mass is 9.98. The number of hydrogen-bond acceptors (Lipinski definition) is 8. The molecule has 0 fully saturated rings. The number of nitrogens with zero attached hydrogens (tertiary/aromatic N) is 2. The lowest BCUT2D eigenvalue weighted by Crippen LogP contribution is -2.24. The molecule has 33 heavy (non-hydrogen) atoms. The summed E-state index contributed by atoms with van der Waals surface area (Å²) in [4.78, 5) is 22.1. The van der Waals surface area contributed by atoms with E-state index < -0.39 is 5.97 Å². The number of hydrogen-bond donors (Lipinski definition) is 0. The van der Waals surface area contributed by atoms with Crippen molar-refractivity contribution in [2.24, 2.45) is 10.3 Å². The minimum absolute atomic E-state index is 0.0658. The molecule has 1 aliphatic rings. The molecule has 0 saturated carbocycles. The molecular weight excluding hydrogens is 424 g/mol. The minimum atomic E-state index is -0.597. The summed E-state index contributed by atoms with van der Waals surface area (Å²) in [5, 5.41) is 8.02. The molecule has 3 rings (SSSR count). The highest BCUT2D eigenvalue weighted by atomic mass is 16.6. The summed E-state index contributed by atoms with van der Waals surface area (Å²) in [5.74, 6) is 0.719. The number of rotatable bonds is 9. The predicted molar refractivity (Wildman–Crippen MR) is 125 cm³/mol. The van der Waals surface area contributed by atoms with Crippen molar-refractivity contribution >= 4 is 17.4 Å². The molecule has 0 aromatic heterocycles. The molecule has 8 heteroatoms. The summed E-state index contributed by atoms with van der Waals surface area (Å²) in [6, 6.07) is 11.3. The number of fused-ring (bicyclic) bond motifs is 1. The third-order valence-corrected chi connectivity index (χ3v) is 5.21. The van der Waals surface area contributed by atoms with Gasteiger partial charge in [0.15, 0.2) is 17.2 Å². The molecule has 0 atom stereocenters. The van der Waals surface area contributed by atoms with E-state index in [0.717, 1.165) is 28.8 Å². The van der Waals surface area contributed by atoms with Gasteiger partial charge in [0, 0.05) is 23.1 Å². The molecule has 0 amide bonds. The fourth-order valence-corrected chi connectivity index (χ4v) is 3.80. The fourth-order valence-electron chi connectivity index (χ4n) is 3.80. The third kappa shape index (κ3) is 5.45. The second-order valence-electron chi connectivity index (χ2n) is 8.14. The lowest BCUT2D eigenvalue weighted by Gasteiger charge is -2.19. The number of carbonyl (C=O) groups excluding carboxylic acids is 1. The Labute approximate surface area is 194 Å². The molecule has 0 saturated heterocycles. The van der Waals surface area contributed by atoms with Crippen LogP contribution < -0.4 is 9.47 Å². The first kappa shape index (κ1) is 24.1. The van der Waals surface area contributed by atoms with Crippen molar-refractivity contribution in [2.45, 2.75) is 45.8 Å². The predicted octanol–water partition coefficient (Wildman–Crippen LogP) is 4.26. The Hall–Kier alpha value is -3.55. The Morgan fingerprint density at radius 1 is 1.09 bits per heavy atom. The van der Waals surface area contributed by atoms with Crippen LogP contribution in [0.15, 0.2) is 46.7 Å². The van der Waals surface area contributed by atoms with E-state index in [1.54, 1.807) is 6.07 Å². The molecule has 0 bridgehead atoms. The van der Waals surface area contributed by atoms with Crippen LogP contribution in [0.25, 0.3) is 0 Å². The molecule has 2 aromatic rings. The van der Waals surface area contributed by atoms with Gasteiger partial charge >= 0.3 is 5.97 Å². The van der Waals surface area contributed by atoms with Gasteiger partial charge in [-0.1, -0.05) is 41.5 Å². The van der Waals surface area contributed by atoms with Gasteiger partial charge < -0.3 is 23.9 Å². The quantitative estimate of drug-likeness (QED) is 0.320. The van der Waals surface area contributed by atoms with E-state index in [-0.39, 0.29) is 17.9 Å². The van der Waals surface area contributed by atoms with E-state index >= 15 is 0 Å². The highest BCUT2D eigenvalue weighted by molar-refractivity contribution is 6.43. The Morgan fingerprint density at radius 2 is 1.82 bits per heavy atom. The summed E-state index contributed by atoms with van der Waals surface area (Å²) in [5.41, 5.74) is 3.82. The number of oxime groups is 2. The fraction of sp³-hybridized carbons (Fsp3) is 0.400. The summed E-state index contributed by atoms with van der Waals surface area (Å²) in [6.45, 7) is 6.28. The van der Waals surface area contributed by atoms with Gasteiger partial charge in [0.1, 0.15) is 26.4 Å². The van der Waals surface area contributed by atoms with Crippen LogP contribution in [-0.4, -0.2) is 44.3 Å². The normalized spacial score (nSPS) is 14.8. The standard InChI is InChI=1S/C25H30N2O6/c1-7-20(26-30-5)17-12-18-14-25(2,3)33-23(18)21(13-17)32-15-16-10-8-9-11-19(16)22(27-31-6)24(28)29-4/h8-13H,7,14-15H2,1-6H3/b26-20+,27-22+. The van der Waals surface area contributed by atoms with Crippen LogP contribution in [0, 0.1) is 0 Å². The average molecular weight is 455 g/mol. The van der Waals surface area contributed by atoms with E-state index in [1.807, 2.05) is 45.0 Å². The van der Waals surface area contributed by atoms with Gasteiger partial charge in [-0.05, 0) is 38.0 Å². The van der Waals surface area contributed by atoms with E-state index in [2.05, 4.69) is 16.4 Å². The van der Waals surface area contributed by atoms with Gasteiger partial charge in [0.05, 0.1) is 12.8 Å². The average Bonchev–Trinajstić information content (AvgIpc) is 3.13. The molecule has 8 nitrogen and oxygen atoms in total. The van der Waals surface area contributed by atoms with Gasteiger partial charge in [0.25, 0.3) is 0 Å². The summed E-state index contributed by atoms with van der Waals surface area (Å²) in [7, 11) is 4.21. The molecule has 1 aliphatic heterocycles. The first-order valence-electron chi connectivity index (χ1n) is 10.7. The molecule has 176 valence electrons. The van der Waals surface area contributed by atoms with Crippen molar-refractivity contribution in [2.75, 3.05) is 21.3 Å². The minimum Gasteiger partial charge on any atom is -0.485 e. The Kier molecular flexibility index (Phi) is 7.58. The molecule has 0 radical (unpaired) electrons. The monoisotopic (exact) mass is 454 g/mol. The number of benzene rings is 2. The van der Waals surface area contributed by atoms with Crippen LogP contribution in [-0.2, 0) is 32.2 Å². The maximum absolute atomic E-state index is 12.2. The number of ether oxygens (including phenoxy) is 3. The zero-order chi connectivity index (χ0) is 24.0. The Morgan fingerprint density at radius 3 is 2.48 bits per heavy atom. The van der Waals surface area contributed by atoms with E-state index in [9.17, 15) is 4.79 Å². The van der Waals surface area contributed by atoms with Crippen molar-refractivity contribution in [1.82, 2.24) is 0 Å². The Bertz CT molecular complexity index is 1070. The zero-order valence-corrected chi connectivity index (χ0v) is 19.9. The molecule has 1 heterocycles. The van der Waals surface area contributed by atoms with Crippen LogP contribution in [0.5, 0.6) is 11.5 Å². The second-order valence-corrected chi connectivity index (χ2v) is 8.14. The topological polar surface area (TPSA) is 87.9 Å². The second kappa shape index (κ2) is 10.4. The highest BCUT2D eigenvalue weighted by Gasteiger charge is 2.33. The van der Waals surface area contributed by atoms with E-state index in [0.29, 0.717) is 23.5 Å². The number of carbonyl (C=O) groups is 1. The van der Waals surface area contributed by atoms with Crippen LogP contribution in [0.4, 0.5) is 0 Å². The third-order valence-electron chi connectivity index (χ3n) is 5.21. The van der Waals surface area contributed by atoms with E-state index in [4.69, 9.17) is 23.9 Å². The maximum Gasteiger partial charge on any atom is 0.360 e. The van der Waals surface area contributed by atoms with Crippen LogP contribution in [0.3, 0.4) is 0 Å². The first-order valence-corrected chi connectivity index (χ1v) is 10.7. The SMILES string of the molecule is CC/C(=N\OC)c1cc2c(c(OCc3ccccc3/C(=N\OC)C(=O)OC)c1)OC(C)(C)C2. The van der Waals surface area contributed by atoms with Crippen molar-refractivity contribution in [3.8, 4) is 11.5 Å². The lowest BCUT2D eigenvalue weighted by molar-refractivity contribution is -0.132. The van der Waals surface area contributed by atoms with Gasteiger partial charge in [-0.2, -0.15) is 0 Å². The van der Waals surface area contributed by atoms with Crippen molar-refractivity contribution < 1.29 is 28.7 Å². The first-order chi connectivity index (χ1) is 15.8. The molecule has 0 N–H and O–H groups in total. The van der Waals surface area contributed by atoms with Crippen molar-refractivity contribution in [1.29, 1.82) is 0 Å². The van der Waals surface area contributed by atoms with Gasteiger partial charge in [-0.3, -0.25) is 0 Å². The Balaban J connectivity index is 1.99. The van der Waals surface area contributed by atoms with Crippen LogP contribution in [0.1, 0.15) is 49.4 Å².